The fraction of sp³-hybridized carbons (Fsp3) is 0.176. The summed E-state index contributed by atoms with van der Waals surface area (Å²) in [7, 11) is 0. The lowest BCUT2D eigenvalue weighted by atomic mass is 10.2. The Morgan fingerprint density at radius 1 is 1.18 bits per heavy atom. The van der Waals surface area contributed by atoms with E-state index in [1.165, 1.54) is 0 Å². The lowest BCUT2D eigenvalue weighted by Crippen LogP contribution is -2.26. The third-order valence-corrected chi connectivity index (χ3v) is 3.57. The van der Waals surface area contributed by atoms with Gasteiger partial charge in [-0.3, -0.25) is 4.79 Å². The van der Waals surface area contributed by atoms with Crippen molar-refractivity contribution in [2.75, 3.05) is 11.9 Å². The summed E-state index contributed by atoms with van der Waals surface area (Å²) < 4.78 is 0. The molecule has 22 heavy (non-hydrogen) atoms. The van der Waals surface area contributed by atoms with E-state index in [2.05, 4.69) is 15.8 Å². The molecule has 0 spiro atoms. The maximum absolute atomic E-state index is 11.7. The number of amides is 1. The molecule has 4 nitrogen and oxygen atoms in total. The van der Waals surface area contributed by atoms with Crippen molar-refractivity contribution in [1.29, 1.82) is 0 Å². The summed E-state index contributed by atoms with van der Waals surface area (Å²) in [4.78, 5) is 11.7. The van der Waals surface area contributed by atoms with Crippen LogP contribution in [0.15, 0.2) is 53.6 Å². The molecule has 0 saturated heterocycles. The minimum atomic E-state index is -0.205. The first-order chi connectivity index (χ1) is 10.7. The molecule has 0 unspecified atom stereocenters. The average Bonchev–Trinajstić information content (AvgIpc) is 2.54. The SMILES string of the molecule is Cc1c(Cl)cccc1NCC(=O)N/N=C/Cc1ccccc1. The van der Waals surface area contributed by atoms with Crippen LogP contribution in [0.2, 0.25) is 5.02 Å². The molecule has 0 saturated carbocycles. The fourth-order valence-corrected chi connectivity index (χ4v) is 2.07. The van der Waals surface area contributed by atoms with Crippen LogP contribution in [0, 0.1) is 6.92 Å². The van der Waals surface area contributed by atoms with Gasteiger partial charge in [0, 0.05) is 23.3 Å². The Morgan fingerprint density at radius 2 is 1.95 bits per heavy atom. The summed E-state index contributed by atoms with van der Waals surface area (Å²) in [5.41, 5.74) is 5.40. The molecular weight excluding hydrogens is 298 g/mol. The van der Waals surface area contributed by atoms with Gasteiger partial charge >= 0.3 is 0 Å². The highest BCUT2D eigenvalue weighted by Crippen LogP contribution is 2.22. The van der Waals surface area contributed by atoms with Crippen molar-refractivity contribution < 1.29 is 4.79 Å². The largest absolute Gasteiger partial charge is 0.376 e. The summed E-state index contributed by atoms with van der Waals surface area (Å²) in [6.45, 7) is 2.05. The van der Waals surface area contributed by atoms with E-state index in [4.69, 9.17) is 11.6 Å². The fourth-order valence-electron chi connectivity index (χ4n) is 1.90. The number of benzene rings is 2. The van der Waals surface area contributed by atoms with Gasteiger partial charge in [0.1, 0.15) is 0 Å². The number of carbonyl (C=O) groups excluding carboxylic acids is 1. The monoisotopic (exact) mass is 315 g/mol. The summed E-state index contributed by atoms with van der Waals surface area (Å²) in [6, 6.07) is 15.5. The van der Waals surface area contributed by atoms with Gasteiger partial charge < -0.3 is 5.32 Å². The Bertz CT molecular complexity index is 656. The van der Waals surface area contributed by atoms with Crippen molar-refractivity contribution in [3.8, 4) is 0 Å². The molecule has 1 amide bonds. The second-order valence-electron chi connectivity index (χ2n) is 4.80. The van der Waals surface area contributed by atoms with E-state index in [1.807, 2.05) is 55.5 Å². The zero-order chi connectivity index (χ0) is 15.8. The normalized spacial score (nSPS) is 10.6. The van der Waals surface area contributed by atoms with Gasteiger partial charge in [-0.05, 0) is 30.2 Å². The summed E-state index contributed by atoms with van der Waals surface area (Å²) >= 11 is 6.03. The Balaban J connectivity index is 1.75. The Hall–Kier alpha value is -2.33. The van der Waals surface area contributed by atoms with E-state index in [1.54, 1.807) is 6.21 Å². The zero-order valence-electron chi connectivity index (χ0n) is 12.3. The lowest BCUT2D eigenvalue weighted by Gasteiger charge is -2.09. The third kappa shape index (κ3) is 4.90. The topological polar surface area (TPSA) is 53.5 Å². The molecule has 0 atom stereocenters. The van der Waals surface area contributed by atoms with Crippen molar-refractivity contribution in [3.05, 3.63) is 64.7 Å². The van der Waals surface area contributed by atoms with Crippen LogP contribution < -0.4 is 10.7 Å². The Labute approximate surface area is 135 Å². The van der Waals surface area contributed by atoms with Gasteiger partial charge in [-0.25, -0.2) is 5.43 Å². The van der Waals surface area contributed by atoms with Gasteiger partial charge in [0.25, 0.3) is 5.91 Å². The summed E-state index contributed by atoms with van der Waals surface area (Å²) in [5.74, 6) is -0.205. The van der Waals surface area contributed by atoms with E-state index < -0.39 is 0 Å². The number of halogens is 1. The Morgan fingerprint density at radius 3 is 2.73 bits per heavy atom. The highest BCUT2D eigenvalue weighted by molar-refractivity contribution is 6.31. The van der Waals surface area contributed by atoms with Crippen molar-refractivity contribution in [1.82, 2.24) is 5.43 Å². The number of hydrogen-bond acceptors (Lipinski definition) is 3. The minimum Gasteiger partial charge on any atom is -0.376 e. The molecule has 0 aliphatic carbocycles. The smallest absolute Gasteiger partial charge is 0.259 e. The molecule has 2 aromatic carbocycles. The summed E-state index contributed by atoms with van der Waals surface area (Å²) in [6.07, 6.45) is 2.36. The average molecular weight is 316 g/mol. The lowest BCUT2D eigenvalue weighted by molar-refractivity contribution is -0.119. The number of nitrogens with one attached hydrogen (secondary N) is 2. The van der Waals surface area contributed by atoms with Crippen LogP contribution in [0.25, 0.3) is 0 Å². The van der Waals surface area contributed by atoms with Gasteiger partial charge in [0.05, 0.1) is 6.54 Å². The number of hydrazone groups is 1. The van der Waals surface area contributed by atoms with Gasteiger partial charge in [0.2, 0.25) is 0 Å². The van der Waals surface area contributed by atoms with Gasteiger partial charge in [0.15, 0.2) is 0 Å². The van der Waals surface area contributed by atoms with Crippen molar-refractivity contribution >= 4 is 29.4 Å². The van der Waals surface area contributed by atoms with E-state index in [9.17, 15) is 4.79 Å². The van der Waals surface area contributed by atoms with E-state index in [0.29, 0.717) is 11.4 Å². The first-order valence-corrected chi connectivity index (χ1v) is 7.38. The molecule has 2 rings (SSSR count). The molecule has 2 aromatic rings. The van der Waals surface area contributed by atoms with Crippen LogP contribution in [0.5, 0.6) is 0 Å². The van der Waals surface area contributed by atoms with Crippen LogP contribution in [-0.4, -0.2) is 18.7 Å². The van der Waals surface area contributed by atoms with E-state index in [-0.39, 0.29) is 12.5 Å². The molecule has 0 aliphatic heterocycles. The molecule has 0 aliphatic rings. The maximum Gasteiger partial charge on any atom is 0.259 e. The van der Waals surface area contributed by atoms with E-state index >= 15 is 0 Å². The van der Waals surface area contributed by atoms with Gasteiger partial charge in [-0.1, -0.05) is 48.0 Å². The van der Waals surface area contributed by atoms with Crippen LogP contribution in [0.1, 0.15) is 11.1 Å². The molecular formula is C17H18ClN3O. The second-order valence-corrected chi connectivity index (χ2v) is 5.21. The molecule has 0 bridgehead atoms. The van der Waals surface area contributed by atoms with Crippen LogP contribution in [0.4, 0.5) is 5.69 Å². The number of carbonyl (C=O) groups is 1. The second kappa shape index (κ2) is 8.20. The number of hydrogen-bond donors (Lipinski definition) is 2. The van der Waals surface area contributed by atoms with Crippen molar-refractivity contribution in [3.63, 3.8) is 0 Å². The minimum absolute atomic E-state index is 0.143. The highest BCUT2D eigenvalue weighted by atomic mass is 35.5. The maximum atomic E-state index is 11.7. The van der Waals surface area contributed by atoms with Gasteiger partial charge in [-0.2, -0.15) is 5.10 Å². The molecule has 0 heterocycles. The van der Waals surface area contributed by atoms with Crippen LogP contribution in [0.3, 0.4) is 0 Å². The summed E-state index contributed by atoms with van der Waals surface area (Å²) in [5, 5.41) is 7.64. The molecule has 0 fully saturated rings. The molecule has 114 valence electrons. The predicted octanol–water partition coefficient (Wildman–Crippen LogP) is 3.41. The molecule has 0 aromatic heterocycles. The first-order valence-electron chi connectivity index (χ1n) is 7.00. The predicted molar refractivity (Wildman–Crippen MR) is 91.5 cm³/mol. The van der Waals surface area contributed by atoms with Crippen molar-refractivity contribution in [2.24, 2.45) is 5.10 Å². The van der Waals surface area contributed by atoms with E-state index in [0.717, 1.165) is 16.8 Å². The quantitative estimate of drug-likeness (QED) is 0.634. The molecule has 2 N–H and O–H groups in total. The van der Waals surface area contributed by atoms with Crippen LogP contribution >= 0.6 is 11.6 Å². The van der Waals surface area contributed by atoms with Crippen molar-refractivity contribution in [2.45, 2.75) is 13.3 Å². The van der Waals surface area contributed by atoms with Gasteiger partial charge in [-0.15, -0.1) is 0 Å². The first kappa shape index (κ1) is 16.0. The number of anilines is 1. The molecule has 5 heteroatoms. The zero-order valence-corrected chi connectivity index (χ0v) is 13.1. The standard InChI is InChI=1S/C17H18ClN3O/c1-13-15(18)8-5-9-16(13)19-12-17(22)21-20-11-10-14-6-3-2-4-7-14/h2-9,11,19H,10,12H2,1H3,(H,21,22)/b20-11+. The number of rotatable bonds is 6. The van der Waals surface area contributed by atoms with Crippen LogP contribution in [-0.2, 0) is 11.2 Å². The molecule has 0 radical (unpaired) electrons. The number of nitrogens with zero attached hydrogens (tertiary/aromatic N) is 1. The Kier molecular flexibility index (Phi) is 5.98. The highest BCUT2D eigenvalue weighted by Gasteiger charge is 2.03. The third-order valence-electron chi connectivity index (χ3n) is 3.16.